The van der Waals surface area contributed by atoms with Crippen LogP contribution in [0, 0.1) is 11.6 Å². The molecule has 7 heteroatoms. The fourth-order valence-corrected chi connectivity index (χ4v) is 2.94. The van der Waals surface area contributed by atoms with E-state index in [1.54, 1.807) is 23.1 Å². The number of benzene rings is 1. The molecule has 0 spiro atoms. The summed E-state index contributed by atoms with van der Waals surface area (Å²) in [6, 6.07) is 4.28. The Hall–Kier alpha value is -2.28. The van der Waals surface area contributed by atoms with Gasteiger partial charge in [0.1, 0.15) is 11.6 Å². The van der Waals surface area contributed by atoms with Crippen molar-refractivity contribution in [1.82, 2.24) is 14.7 Å². The molecule has 1 aliphatic rings. The van der Waals surface area contributed by atoms with Crippen LogP contribution in [0.2, 0.25) is 0 Å². The second-order valence-corrected chi connectivity index (χ2v) is 5.64. The van der Waals surface area contributed by atoms with Gasteiger partial charge in [0.25, 0.3) is 0 Å². The van der Waals surface area contributed by atoms with Crippen LogP contribution in [-0.2, 0) is 11.3 Å². The Morgan fingerprint density at radius 2 is 2.22 bits per heavy atom. The maximum atomic E-state index is 14.0. The van der Waals surface area contributed by atoms with Crippen LogP contribution >= 0.6 is 0 Å². The lowest BCUT2D eigenvalue weighted by atomic mass is 10.0. The summed E-state index contributed by atoms with van der Waals surface area (Å²) in [6.45, 7) is 0.523. The first-order valence-corrected chi connectivity index (χ1v) is 7.44. The number of nitrogens with zero attached hydrogens (tertiary/aromatic N) is 3. The molecular weight excluding hydrogens is 304 g/mol. The summed E-state index contributed by atoms with van der Waals surface area (Å²) in [6.07, 6.45) is 3.01. The Bertz CT molecular complexity index is 691. The molecule has 1 saturated heterocycles. The summed E-state index contributed by atoms with van der Waals surface area (Å²) in [5.41, 5.74) is 0.106. The van der Waals surface area contributed by atoms with E-state index in [9.17, 15) is 18.7 Å². The maximum absolute atomic E-state index is 14.0. The third kappa shape index (κ3) is 3.39. The summed E-state index contributed by atoms with van der Waals surface area (Å²) >= 11 is 0. The first-order valence-electron chi connectivity index (χ1n) is 7.44. The van der Waals surface area contributed by atoms with Gasteiger partial charge in [0, 0.05) is 37.5 Å². The predicted octanol–water partition coefficient (Wildman–Crippen LogP) is 1.89. The quantitative estimate of drug-likeness (QED) is 0.935. The number of amides is 1. The number of aromatic nitrogens is 2. The number of hydrogen-bond acceptors (Lipinski definition) is 3. The molecule has 2 aromatic rings. The van der Waals surface area contributed by atoms with Crippen LogP contribution < -0.4 is 0 Å². The van der Waals surface area contributed by atoms with Crippen molar-refractivity contribution in [1.29, 1.82) is 0 Å². The highest BCUT2D eigenvalue weighted by Gasteiger charge is 2.36. The van der Waals surface area contributed by atoms with Gasteiger partial charge in [-0.2, -0.15) is 5.10 Å². The molecule has 0 saturated carbocycles. The lowest BCUT2D eigenvalue weighted by Crippen LogP contribution is -2.32. The molecule has 0 aliphatic carbocycles. The van der Waals surface area contributed by atoms with Crippen LogP contribution in [0.3, 0.4) is 0 Å². The molecule has 1 aliphatic heterocycles. The number of carbonyl (C=O) groups excluding carboxylic acids is 1. The van der Waals surface area contributed by atoms with Crippen molar-refractivity contribution in [2.75, 3.05) is 6.54 Å². The van der Waals surface area contributed by atoms with Crippen LogP contribution in [0.5, 0.6) is 0 Å². The van der Waals surface area contributed by atoms with Gasteiger partial charge >= 0.3 is 0 Å². The monoisotopic (exact) mass is 321 g/mol. The van der Waals surface area contributed by atoms with Crippen molar-refractivity contribution < 1.29 is 18.7 Å². The Balaban J connectivity index is 1.76. The summed E-state index contributed by atoms with van der Waals surface area (Å²) in [7, 11) is 0. The van der Waals surface area contributed by atoms with E-state index in [0.29, 0.717) is 6.54 Å². The Kier molecular flexibility index (Phi) is 4.38. The average Bonchev–Trinajstić information content (AvgIpc) is 3.16. The van der Waals surface area contributed by atoms with Crippen molar-refractivity contribution >= 4 is 5.91 Å². The van der Waals surface area contributed by atoms with E-state index in [1.165, 1.54) is 4.90 Å². The van der Waals surface area contributed by atoms with Gasteiger partial charge in [0.05, 0.1) is 12.1 Å². The molecule has 5 nitrogen and oxygen atoms in total. The third-order valence-corrected chi connectivity index (χ3v) is 4.03. The average molecular weight is 321 g/mol. The molecular formula is C16H17F2N3O2. The zero-order valence-corrected chi connectivity index (χ0v) is 12.4. The number of aryl methyl sites for hydroxylation is 1. The van der Waals surface area contributed by atoms with Crippen molar-refractivity contribution in [3.63, 3.8) is 0 Å². The molecule has 1 amide bonds. The number of hydrogen-bond donors (Lipinski definition) is 1. The van der Waals surface area contributed by atoms with Crippen LogP contribution in [0.1, 0.15) is 24.4 Å². The van der Waals surface area contributed by atoms with Crippen molar-refractivity contribution in [2.45, 2.75) is 31.5 Å². The summed E-state index contributed by atoms with van der Waals surface area (Å²) < 4.78 is 29.0. The van der Waals surface area contributed by atoms with E-state index >= 15 is 0 Å². The molecule has 0 radical (unpaired) electrons. The van der Waals surface area contributed by atoms with E-state index < -0.39 is 23.8 Å². The number of carbonyl (C=O) groups is 1. The Labute approximate surface area is 132 Å². The molecule has 23 heavy (non-hydrogen) atoms. The second-order valence-electron chi connectivity index (χ2n) is 5.64. The van der Waals surface area contributed by atoms with E-state index in [0.717, 1.165) is 18.2 Å². The zero-order valence-electron chi connectivity index (χ0n) is 12.4. The molecule has 2 heterocycles. The van der Waals surface area contributed by atoms with Crippen LogP contribution in [0.25, 0.3) is 0 Å². The minimum absolute atomic E-state index is 0.106. The molecule has 122 valence electrons. The van der Waals surface area contributed by atoms with E-state index in [2.05, 4.69) is 5.10 Å². The van der Waals surface area contributed by atoms with Gasteiger partial charge in [-0.25, -0.2) is 8.78 Å². The minimum Gasteiger partial charge on any atom is -0.391 e. The number of rotatable bonds is 4. The largest absolute Gasteiger partial charge is 0.391 e. The van der Waals surface area contributed by atoms with Gasteiger partial charge in [-0.1, -0.05) is 0 Å². The highest BCUT2D eigenvalue weighted by molar-refractivity contribution is 5.77. The Morgan fingerprint density at radius 1 is 1.39 bits per heavy atom. The number of aliphatic hydroxyl groups excluding tert-OH is 1. The lowest BCUT2D eigenvalue weighted by molar-refractivity contribution is -0.132. The molecule has 0 unspecified atom stereocenters. The standard InChI is InChI=1S/C16H17F2N3O2/c17-11-2-3-14(18)13(8-11)15-9-12(22)10-21(15)16(23)4-7-20-6-1-5-19-20/h1-3,5-6,8,12,15,22H,4,7,9-10H2/t12-,15+/m0/s1. The number of aliphatic hydroxyl groups is 1. The molecule has 1 N–H and O–H groups in total. The fourth-order valence-electron chi connectivity index (χ4n) is 2.94. The van der Waals surface area contributed by atoms with E-state index in [-0.39, 0.29) is 30.9 Å². The van der Waals surface area contributed by atoms with Crippen LogP contribution in [0.4, 0.5) is 8.78 Å². The second kappa shape index (κ2) is 6.45. The van der Waals surface area contributed by atoms with Crippen LogP contribution in [0.15, 0.2) is 36.7 Å². The van der Waals surface area contributed by atoms with E-state index in [1.807, 2.05) is 0 Å². The minimum atomic E-state index is -0.740. The topological polar surface area (TPSA) is 58.4 Å². The third-order valence-electron chi connectivity index (χ3n) is 4.03. The first kappa shape index (κ1) is 15.6. The number of likely N-dealkylation sites (tertiary alicyclic amines) is 1. The highest BCUT2D eigenvalue weighted by Crippen LogP contribution is 2.34. The molecule has 1 aromatic heterocycles. The molecule has 2 atom stereocenters. The van der Waals surface area contributed by atoms with Crippen molar-refractivity contribution in [3.05, 3.63) is 53.9 Å². The SMILES string of the molecule is O=C(CCn1cccn1)N1C[C@@H](O)C[C@@H]1c1cc(F)ccc1F. The highest BCUT2D eigenvalue weighted by atomic mass is 19.1. The normalized spacial score (nSPS) is 20.9. The number of halogens is 2. The summed E-state index contributed by atoms with van der Waals surface area (Å²) in [5, 5.41) is 13.9. The van der Waals surface area contributed by atoms with Gasteiger partial charge < -0.3 is 10.0 Å². The molecule has 1 aromatic carbocycles. The summed E-state index contributed by atoms with van der Waals surface area (Å²) in [4.78, 5) is 13.8. The van der Waals surface area contributed by atoms with Gasteiger partial charge in [0.2, 0.25) is 5.91 Å². The first-order chi connectivity index (χ1) is 11.0. The zero-order chi connectivity index (χ0) is 16.4. The van der Waals surface area contributed by atoms with Gasteiger partial charge in [-0.05, 0) is 30.7 Å². The van der Waals surface area contributed by atoms with Gasteiger partial charge in [-0.15, -0.1) is 0 Å². The van der Waals surface area contributed by atoms with E-state index in [4.69, 9.17) is 0 Å². The number of β-amino-alcohol motifs (C(OH)–C–C–N with tert-alkyl or cyclic N) is 1. The lowest BCUT2D eigenvalue weighted by Gasteiger charge is -2.25. The van der Waals surface area contributed by atoms with Gasteiger partial charge in [-0.3, -0.25) is 9.48 Å². The predicted molar refractivity (Wildman–Crippen MR) is 78.3 cm³/mol. The van der Waals surface area contributed by atoms with Crippen molar-refractivity contribution in [3.8, 4) is 0 Å². The smallest absolute Gasteiger partial charge is 0.225 e. The van der Waals surface area contributed by atoms with Crippen LogP contribution in [-0.4, -0.2) is 38.3 Å². The molecule has 1 fully saturated rings. The molecule has 0 bridgehead atoms. The summed E-state index contributed by atoms with van der Waals surface area (Å²) in [5.74, 6) is -1.35. The fraction of sp³-hybridized carbons (Fsp3) is 0.375. The Morgan fingerprint density at radius 3 is 2.96 bits per heavy atom. The van der Waals surface area contributed by atoms with Gasteiger partial charge in [0.15, 0.2) is 0 Å². The molecule has 3 rings (SSSR count). The van der Waals surface area contributed by atoms with Crippen molar-refractivity contribution in [2.24, 2.45) is 0 Å². The maximum Gasteiger partial charge on any atom is 0.225 e.